The Bertz CT molecular complexity index is 546. The van der Waals surface area contributed by atoms with E-state index in [0.717, 1.165) is 5.56 Å². The van der Waals surface area contributed by atoms with Crippen molar-refractivity contribution in [1.29, 1.82) is 0 Å². The maximum absolute atomic E-state index is 5.31. The van der Waals surface area contributed by atoms with Crippen molar-refractivity contribution in [3.05, 3.63) is 70.8 Å². The third-order valence-corrected chi connectivity index (χ3v) is 2.80. The van der Waals surface area contributed by atoms with Gasteiger partial charge in [-0.1, -0.05) is 59.3 Å². The molecule has 0 spiro atoms. The molecule has 0 saturated heterocycles. The van der Waals surface area contributed by atoms with Gasteiger partial charge in [0.1, 0.15) is 6.61 Å². The van der Waals surface area contributed by atoms with E-state index >= 15 is 0 Å². The number of aryl methyl sites for hydroxylation is 2. The van der Waals surface area contributed by atoms with Gasteiger partial charge in [-0.25, -0.2) is 0 Å². The topological polar surface area (TPSA) is 21.6 Å². The zero-order chi connectivity index (χ0) is 12.8. The zero-order valence-corrected chi connectivity index (χ0v) is 10.8. The van der Waals surface area contributed by atoms with Crippen LogP contribution in [0.15, 0.2) is 53.7 Å². The number of nitrogens with zero attached hydrogens (tertiary/aromatic N) is 1. The van der Waals surface area contributed by atoms with E-state index < -0.39 is 0 Å². The lowest BCUT2D eigenvalue weighted by molar-refractivity contribution is 0.131. The van der Waals surface area contributed by atoms with Crippen LogP contribution in [0.3, 0.4) is 0 Å². The van der Waals surface area contributed by atoms with Crippen LogP contribution in [-0.4, -0.2) is 6.21 Å². The Labute approximate surface area is 108 Å². The van der Waals surface area contributed by atoms with Crippen LogP contribution in [0.1, 0.15) is 22.3 Å². The first-order valence-corrected chi connectivity index (χ1v) is 6.02. The molecule has 2 rings (SSSR count). The Balaban J connectivity index is 1.91. The number of hydrogen-bond donors (Lipinski definition) is 0. The molecule has 0 unspecified atom stereocenters. The van der Waals surface area contributed by atoms with E-state index in [4.69, 9.17) is 4.84 Å². The Morgan fingerprint density at radius 2 is 1.89 bits per heavy atom. The van der Waals surface area contributed by atoms with Crippen molar-refractivity contribution in [3.63, 3.8) is 0 Å². The summed E-state index contributed by atoms with van der Waals surface area (Å²) in [6.45, 7) is 4.64. The average Bonchev–Trinajstić information content (AvgIpc) is 2.37. The van der Waals surface area contributed by atoms with E-state index in [-0.39, 0.29) is 0 Å². The van der Waals surface area contributed by atoms with Crippen molar-refractivity contribution in [2.75, 3.05) is 0 Å². The van der Waals surface area contributed by atoms with Gasteiger partial charge in [-0.2, -0.15) is 0 Å². The first-order valence-electron chi connectivity index (χ1n) is 6.02. The van der Waals surface area contributed by atoms with E-state index in [1.54, 1.807) is 6.21 Å². The SMILES string of the molecule is Cc1cccc(C=NOCc2ccccc2C)c1. The van der Waals surface area contributed by atoms with Crippen molar-refractivity contribution in [3.8, 4) is 0 Å². The molecule has 0 atom stereocenters. The highest BCUT2D eigenvalue weighted by Crippen LogP contribution is 2.08. The molecule has 0 saturated carbocycles. The number of benzene rings is 2. The lowest BCUT2D eigenvalue weighted by Crippen LogP contribution is -1.91. The molecular formula is C16H17NO. The van der Waals surface area contributed by atoms with Crippen LogP contribution in [0.2, 0.25) is 0 Å². The predicted octanol–water partition coefficient (Wildman–Crippen LogP) is 3.85. The molecule has 0 aromatic heterocycles. The first kappa shape index (κ1) is 12.4. The number of oxime groups is 1. The van der Waals surface area contributed by atoms with E-state index in [1.807, 2.05) is 24.3 Å². The van der Waals surface area contributed by atoms with Gasteiger partial charge in [-0.3, -0.25) is 0 Å². The molecule has 2 nitrogen and oxygen atoms in total. The fraction of sp³-hybridized carbons (Fsp3) is 0.188. The van der Waals surface area contributed by atoms with Crippen LogP contribution in [-0.2, 0) is 11.4 Å². The van der Waals surface area contributed by atoms with Gasteiger partial charge >= 0.3 is 0 Å². The Hall–Kier alpha value is -2.09. The maximum Gasteiger partial charge on any atom is 0.142 e. The monoisotopic (exact) mass is 239 g/mol. The summed E-state index contributed by atoms with van der Waals surface area (Å²) in [5.74, 6) is 0. The van der Waals surface area contributed by atoms with Crippen LogP contribution in [0.25, 0.3) is 0 Å². The summed E-state index contributed by atoms with van der Waals surface area (Å²) in [5.41, 5.74) is 4.67. The van der Waals surface area contributed by atoms with Crippen molar-refractivity contribution in [2.24, 2.45) is 5.16 Å². The van der Waals surface area contributed by atoms with Gasteiger partial charge in [-0.15, -0.1) is 0 Å². The van der Waals surface area contributed by atoms with Crippen molar-refractivity contribution < 1.29 is 4.84 Å². The third-order valence-electron chi connectivity index (χ3n) is 2.80. The first-order chi connectivity index (χ1) is 8.75. The Morgan fingerprint density at radius 3 is 2.67 bits per heavy atom. The molecule has 0 aliphatic rings. The molecule has 0 aliphatic carbocycles. The number of hydrogen-bond acceptors (Lipinski definition) is 2. The minimum absolute atomic E-state index is 0.509. The Morgan fingerprint density at radius 1 is 1.06 bits per heavy atom. The van der Waals surface area contributed by atoms with Gasteiger partial charge in [0.2, 0.25) is 0 Å². The van der Waals surface area contributed by atoms with Crippen LogP contribution >= 0.6 is 0 Å². The fourth-order valence-corrected chi connectivity index (χ4v) is 1.73. The molecule has 0 fully saturated rings. The zero-order valence-electron chi connectivity index (χ0n) is 10.8. The normalized spacial score (nSPS) is 10.8. The second kappa shape index (κ2) is 6.01. The highest BCUT2D eigenvalue weighted by Gasteiger charge is 1.95. The Kier molecular flexibility index (Phi) is 4.13. The minimum atomic E-state index is 0.509. The van der Waals surface area contributed by atoms with Gasteiger partial charge in [-0.05, 0) is 30.5 Å². The molecule has 92 valence electrons. The van der Waals surface area contributed by atoms with Crippen molar-refractivity contribution in [2.45, 2.75) is 20.5 Å². The van der Waals surface area contributed by atoms with Crippen molar-refractivity contribution in [1.82, 2.24) is 0 Å². The second-order valence-electron chi connectivity index (χ2n) is 4.35. The molecule has 0 N–H and O–H groups in total. The molecule has 18 heavy (non-hydrogen) atoms. The summed E-state index contributed by atoms with van der Waals surface area (Å²) in [6.07, 6.45) is 1.74. The van der Waals surface area contributed by atoms with Gasteiger partial charge in [0.15, 0.2) is 0 Å². The summed E-state index contributed by atoms with van der Waals surface area (Å²) in [6, 6.07) is 16.3. The van der Waals surface area contributed by atoms with Crippen molar-refractivity contribution >= 4 is 6.21 Å². The van der Waals surface area contributed by atoms with E-state index in [2.05, 4.69) is 43.3 Å². The minimum Gasteiger partial charge on any atom is -0.391 e. The van der Waals surface area contributed by atoms with E-state index in [0.29, 0.717) is 6.61 Å². The highest BCUT2D eigenvalue weighted by atomic mass is 16.6. The summed E-state index contributed by atoms with van der Waals surface area (Å²) >= 11 is 0. The summed E-state index contributed by atoms with van der Waals surface area (Å²) in [7, 11) is 0. The average molecular weight is 239 g/mol. The predicted molar refractivity (Wildman–Crippen MR) is 74.7 cm³/mol. The van der Waals surface area contributed by atoms with E-state index in [1.165, 1.54) is 16.7 Å². The molecule has 2 aromatic rings. The highest BCUT2D eigenvalue weighted by molar-refractivity contribution is 5.79. The van der Waals surface area contributed by atoms with E-state index in [9.17, 15) is 0 Å². The summed E-state index contributed by atoms with van der Waals surface area (Å²) < 4.78 is 0. The molecule has 0 heterocycles. The quantitative estimate of drug-likeness (QED) is 0.586. The molecular weight excluding hydrogens is 222 g/mol. The molecule has 2 aromatic carbocycles. The number of rotatable bonds is 4. The third kappa shape index (κ3) is 3.45. The fourth-order valence-electron chi connectivity index (χ4n) is 1.73. The molecule has 0 amide bonds. The van der Waals surface area contributed by atoms with Gasteiger partial charge in [0.05, 0.1) is 6.21 Å². The molecule has 0 radical (unpaired) electrons. The van der Waals surface area contributed by atoms with Crippen LogP contribution in [0.4, 0.5) is 0 Å². The molecule has 2 heteroatoms. The van der Waals surface area contributed by atoms with Gasteiger partial charge in [0, 0.05) is 0 Å². The summed E-state index contributed by atoms with van der Waals surface area (Å²) in [4.78, 5) is 5.31. The molecule has 0 aliphatic heterocycles. The van der Waals surface area contributed by atoms with Crippen LogP contribution < -0.4 is 0 Å². The van der Waals surface area contributed by atoms with Gasteiger partial charge < -0.3 is 4.84 Å². The largest absolute Gasteiger partial charge is 0.391 e. The standard InChI is InChI=1S/C16H17NO/c1-13-6-5-8-15(10-13)11-17-18-12-16-9-4-3-7-14(16)2/h3-11H,12H2,1-2H3. The van der Waals surface area contributed by atoms with Crippen LogP contribution in [0.5, 0.6) is 0 Å². The maximum atomic E-state index is 5.31. The lowest BCUT2D eigenvalue weighted by atomic mass is 10.1. The van der Waals surface area contributed by atoms with Crippen LogP contribution in [0, 0.1) is 13.8 Å². The second-order valence-corrected chi connectivity index (χ2v) is 4.35. The lowest BCUT2D eigenvalue weighted by Gasteiger charge is -2.03. The molecule has 0 bridgehead atoms. The summed E-state index contributed by atoms with van der Waals surface area (Å²) in [5, 5.41) is 3.99. The van der Waals surface area contributed by atoms with Gasteiger partial charge in [0.25, 0.3) is 0 Å². The smallest absolute Gasteiger partial charge is 0.142 e.